The SMILES string of the molecule is CN1C(=O)CCC(N2C(=O)c3ccc(N4CCC(CC(=O)N5CCC(CN6CCC(n7cc(-c8cnc(N)c(C(=O)O[C@@H](C(=O)Nc9ccc(F)cc9)c9ccccc9)n8)cn7)CC6)CC5)CC4)cc3C2=O)C1=O. The molecule has 3 aromatic carbocycles. The molecule has 4 saturated heterocycles. The summed E-state index contributed by atoms with van der Waals surface area (Å²) in [6.45, 7) is 5.74. The van der Waals surface area contributed by atoms with Gasteiger partial charge >= 0.3 is 5.97 Å². The van der Waals surface area contributed by atoms with Gasteiger partial charge in [0.15, 0.2) is 11.5 Å². The Hall–Kier alpha value is -7.87. The predicted octanol–water partition coefficient (Wildman–Crippen LogP) is 5.52. The Bertz CT molecular complexity index is 2960. The van der Waals surface area contributed by atoms with Crippen molar-refractivity contribution in [2.45, 2.75) is 76.0 Å². The zero-order valence-corrected chi connectivity index (χ0v) is 41.1. The molecular weight excluding hydrogens is 950 g/mol. The molecule has 5 aliphatic rings. The van der Waals surface area contributed by atoms with Gasteiger partial charge < -0.3 is 30.5 Å². The lowest BCUT2D eigenvalue weighted by Crippen LogP contribution is -2.54. The molecule has 0 saturated carbocycles. The van der Waals surface area contributed by atoms with Crippen LogP contribution in [-0.4, -0.2) is 140 Å². The summed E-state index contributed by atoms with van der Waals surface area (Å²) in [7, 11) is 1.38. The first kappa shape index (κ1) is 49.7. The fourth-order valence-corrected chi connectivity index (χ4v) is 10.9. The van der Waals surface area contributed by atoms with E-state index >= 15 is 0 Å². The number of likely N-dealkylation sites (N-methyl/N-ethyl adjacent to an activating group) is 1. The van der Waals surface area contributed by atoms with Crippen LogP contribution in [0.4, 0.5) is 21.6 Å². The van der Waals surface area contributed by atoms with E-state index in [-0.39, 0.29) is 59.3 Å². The van der Waals surface area contributed by atoms with E-state index in [2.05, 4.69) is 30.2 Å². The number of fused-ring (bicyclic) bond motifs is 1. The van der Waals surface area contributed by atoms with Crippen LogP contribution in [0.2, 0.25) is 0 Å². The van der Waals surface area contributed by atoms with Gasteiger partial charge in [-0.05, 0) is 99.2 Å². The van der Waals surface area contributed by atoms with Crippen LogP contribution in [0.15, 0.2) is 91.4 Å². The van der Waals surface area contributed by atoms with Gasteiger partial charge in [-0.15, -0.1) is 0 Å². The van der Waals surface area contributed by atoms with Crippen LogP contribution in [-0.2, 0) is 23.9 Å². The van der Waals surface area contributed by atoms with Crippen LogP contribution in [0.3, 0.4) is 0 Å². The maximum atomic E-state index is 13.6. The Morgan fingerprint density at radius 3 is 2.24 bits per heavy atom. The fraction of sp³-hybridized carbons (Fsp3) is 0.407. The number of likely N-dealkylation sites (tertiary alicyclic amines) is 3. The molecule has 10 rings (SSSR count). The van der Waals surface area contributed by atoms with E-state index in [9.17, 15) is 38.0 Å². The Morgan fingerprint density at radius 1 is 0.811 bits per heavy atom. The fourth-order valence-electron chi connectivity index (χ4n) is 10.9. The number of hydrogen-bond donors (Lipinski definition) is 2. The Balaban J connectivity index is 0.660. The molecule has 20 heteroatoms. The minimum atomic E-state index is -1.37. The standard InChI is InChI=1S/C54H58FN11O8/c1-61-45(67)14-13-44(53(61)72)66-51(70)41-12-11-40(28-42(41)52(66)71)63-23-15-33(16-24-63)27-46(68)64-25-17-34(18-26-64)31-62-21-19-39(20-22-62)65-32-36(29-58-65)43-30-57-49(56)47(60-43)54(73)74-48(35-5-3-2-4-6-35)50(69)59-38-9-7-37(55)8-10-38/h2-12,28-30,32-34,39,44,48H,13-27,31H2,1H3,(H2,56,57)(H,59,69)/t44?,48-/m1/s1. The normalized spacial score (nSPS) is 19.7. The summed E-state index contributed by atoms with van der Waals surface area (Å²) in [5, 5.41) is 7.33. The van der Waals surface area contributed by atoms with Crippen LogP contribution in [0, 0.1) is 17.7 Å². The molecule has 3 N–H and O–H groups in total. The predicted molar refractivity (Wildman–Crippen MR) is 269 cm³/mol. The van der Waals surface area contributed by atoms with Gasteiger partial charge in [0.2, 0.25) is 17.9 Å². The van der Waals surface area contributed by atoms with Gasteiger partial charge in [-0.2, -0.15) is 5.10 Å². The highest BCUT2D eigenvalue weighted by atomic mass is 19.1. The van der Waals surface area contributed by atoms with Gasteiger partial charge in [-0.25, -0.2) is 19.2 Å². The number of aromatic nitrogens is 4. The smallest absolute Gasteiger partial charge is 0.361 e. The molecule has 5 aliphatic heterocycles. The number of benzene rings is 3. The number of halogens is 1. The van der Waals surface area contributed by atoms with Gasteiger partial charge in [-0.3, -0.25) is 43.2 Å². The molecule has 4 fully saturated rings. The molecule has 0 bridgehead atoms. The van der Waals surface area contributed by atoms with E-state index in [4.69, 9.17) is 10.5 Å². The third kappa shape index (κ3) is 10.5. The molecule has 74 heavy (non-hydrogen) atoms. The zero-order chi connectivity index (χ0) is 51.6. The third-order valence-electron chi connectivity index (χ3n) is 15.3. The number of rotatable bonds is 13. The molecule has 384 valence electrons. The summed E-state index contributed by atoms with van der Waals surface area (Å²) in [5.41, 5.74) is 8.98. The van der Waals surface area contributed by atoms with Crippen molar-refractivity contribution in [1.82, 2.24) is 39.3 Å². The van der Waals surface area contributed by atoms with Gasteiger partial charge in [0.25, 0.3) is 23.6 Å². The third-order valence-corrected chi connectivity index (χ3v) is 15.3. The second-order valence-electron chi connectivity index (χ2n) is 19.9. The van der Waals surface area contributed by atoms with E-state index in [1.807, 2.05) is 21.8 Å². The second kappa shape index (κ2) is 21.3. The summed E-state index contributed by atoms with van der Waals surface area (Å²) < 4.78 is 21.2. The van der Waals surface area contributed by atoms with Crippen molar-refractivity contribution in [3.63, 3.8) is 0 Å². The topological polar surface area (TPSA) is 227 Å². The molecule has 1 unspecified atom stereocenters. The number of nitrogen functional groups attached to an aromatic ring is 1. The maximum absolute atomic E-state index is 13.6. The van der Waals surface area contributed by atoms with Gasteiger partial charge in [0.05, 0.1) is 35.3 Å². The van der Waals surface area contributed by atoms with Gasteiger partial charge in [0.1, 0.15) is 11.9 Å². The van der Waals surface area contributed by atoms with E-state index in [1.165, 1.54) is 37.5 Å². The van der Waals surface area contributed by atoms with Crippen LogP contribution >= 0.6 is 0 Å². The molecule has 6 amide bonds. The van der Waals surface area contributed by atoms with E-state index < -0.39 is 47.6 Å². The van der Waals surface area contributed by atoms with Crippen LogP contribution in [0.25, 0.3) is 11.3 Å². The van der Waals surface area contributed by atoms with E-state index in [0.717, 1.165) is 99.8 Å². The molecule has 0 radical (unpaired) electrons. The van der Waals surface area contributed by atoms with Gasteiger partial charge in [0, 0.05) is 94.4 Å². The Labute approximate surface area is 426 Å². The summed E-state index contributed by atoms with van der Waals surface area (Å²) >= 11 is 0. The van der Waals surface area contributed by atoms with Crippen molar-refractivity contribution in [1.29, 1.82) is 0 Å². The minimum absolute atomic E-state index is 0.0909. The molecule has 19 nitrogen and oxygen atoms in total. The number of ether oxygens (including phenoxy) is 1. The van der Waals surface area contributed by atoms with Crippen molar-refractivity contribution in [2.24, 2.45) is 11.8 Å². The molecule has 7 heterocycles. The van der Waals surface area contributed by atoms with Gasteiger partial charge in [-0.1, -0.05) is 30.3 Å². The highest BCUT2D eigenvalue weighted by Gasteiger charge is 2.46. The Kier molecular flexibility index (Phi) is 14.3. The number of amides is 6. The monoisotopic (exact) mass is 1010 g/mol. The number of nitrogens with two attached hydrogens (primary N) is 1. The summed E-state index contributed by atoms with van der Waals surface area (Å²) in [6.07, 6.45) is 9.76. The van der Waals surface area contributed by atoms with Crippen molar-refractivity contribution >= 4 is 58.6 Å². The number of esters is 1. The lowest BCUT2D eigenvalue weighted by atomic mass is 9.91. The number of piperidine rings is 4. The largest absolute Gasteiger partial charge is 0.442 e. The minimum Gasteiger partial charge on any atom is -0.442 e. The molecule has 2 atom stereocenters. The van der Waals surface area contributed by atoms with E-state index in [1.54, 1.807) is 48.7 Å². The summed E-state index contributed by atoms with van der Waals surface area (Å²) in [4.78, 5) is 110. The highest BCUT2D eigenvalue weighted by Crippen LogP contribution is 2.35. The number of nitrogens with zero attached hydrogens (tertiary/aromatic N) is 9. The molecule has 0 spiro atoms. The first-order valence-electron chi connectivity index (χ1n) is 25.3. The van der Waals surface area contributed by atoms with Crippen molar-refractivity contribution in [2.75, 3.05) is 68.8 Å². The second-order valence-corrected chi connectivity index (χ2v) is 19.9. The molecule has 5 aromatic rings. The number of nitrogens with one attached hydrogen (secondary N) is 1. The zero-order valence-electron chi connectivity index (χ0n) is 41.1. The van der Waals surface area contributed by atoms with Crippen molar-refractivity contribution < 1.29 is 42.7 Å². The number of imide groups is 2. The average Bonchev–Trinajstić information content (AvgIpc) is 4.01. The van der Waals surface area contributed by atoms with Crippen molar-refractivity contribution in [3.8, 4) is 11.3 Å². The van der Waals surface area contributed by atoms with Crippen LogP contribution in [0.1, 0.15) is 107 Å². The summed E-state index contributed by atoms with van der Waals surface area (Å²) in [6, 6.07) is 18.1. The van der Waals surface area contributed by atoms with Crippen molar-refractivity contribution in [3.05, 3.63) is 120 Å². The lowest BCUT2D eigenvalue weighted by Gasteiger charge is -2.38. The summed E-state index contributed by atoms with van der Waals surface area (Å²) in [5.74, 6) is -3.15. The van der Waals surface area contributed by atoms with E-state index in [0.29, 0.717) is 34.8 Å². The highest BCUT2D eigenvalue weighted by molar-refractivity contribution is 6.23. The first-order valence-corrected chi connectivity index (χ1v) is 25.3. The lowest BCUT2D eigenvalue weighted by molar-refractivity contribution is -0.149. The number of hydrogen-bond acceptors (Lipinski definition) is 14. The quantitative estimate of drug-likeness (QED) is 0.109. The number of carbonyl (C=O) groups excluding carboxylic acids is 7. The van der Waals surface area contributed by atoms with Crippen LogP contribution < -0.4 is 16.0 Å². The first-order chi connectivity index (χ1) is 35.8. The molecule has 0 aliphatic carbocycles. The molecular formula is C54H58FN11O8. The Morgan fingerprint density at radius 2 is 1.51 bits per heavy atom. The maximum Gasteiger partial charge on any atom is 0.361 e. The van der Waals surface area contributed by atoms with Crippen LogP contribution in [0.5, 0.6) is 0 Å². The average molecular weight is 1010 g/mol. The molecule has 2 aromatic heterocycles. The number of anilines is 3. The number of carbonyl (C=O) groups is 7.